The SMILES string of the molecule is CCN(CC)CCNC(=O)c1ccncc1. The molecule has 0 saturated heterocycles. The third-order valence-electron chi connectivity index (χ3n) is 2.55. The van der Waals surface area contributed by atoms with Gasteiger partial charge in [0.25, 0.3) is 5.91 Å². The van der Waals surface area contributed by atoms with Gasteiger partial charge >= 0.3 is 0 Å². The predicted octanol–water partition coefficient (Wildman–Crippen LogP) is 1.15. The van der Waals surface area contributed by atoms with E-state index in [0.29, 0.717) is 12.1 Å². The Morgan fingerprint density at radius 2 is 1.94 bits per heavy atom. The quantitative estimate of drug-likeness (QED) is 0.784. The van der Waals surface area contributed by atoms with Gasteiger partial charge in [-0.2, -0.15) is 0 Å². The third kappa shape index (κ3) is 3.98. The standard InChI is InChI=1S/C12H19N3O/c1-3-15(4-2)10-9-14-12(16)11-5-7-13-8-6-11/h5-8H,3-4,9-10H2,1-2H3,(H,14,16). The van der Waals surface area contributed by atoms with Crippen molar-refractivity contribution in [1.29, 1.82) is 0 Å². The Morgan fingerprint density at radius 3 is 2.50 bits per heavy atom. The molecular formula is C12H19N3O. The van der Waals surface area contributed by atoms with Crippen molar-refractivity contribution in [2.24, 2.45) is 0 Å². The van der Waals surface area contributed by atoms with Crippen molar-refractivity contribution in [3.8, 4) is 0 Å². The number of hydrogen-bond donors (Lipinski definition) is 1. The molecule has 0 aromatic carbocycles. The van der Waals surface area contributed by atoms with E-state index in [1.54, 1.807) is 24.5 Å². The zero-order valence-corrected chi connectivity index (χ0v) is 9.94. The van der Waals surface area contributed by atoms with E-state index < -0.39 is 0 Å². The van der Waals surface area contributed by atoms with Crippen molar-refractivity contribution < 1.29 is 4.79 Å². The van der Waals surface area contributed by atoms with Gasteiger partial charge in [0.15, 0.2) is 0 Å². The van der Waals surface area contributed by atoms with Crippen LogP contribution < -0.4 is 5.32 Å². The number of carbonyl (C=O) groups excluding carboxylic acids is 1. The molecule has 0 aliphatic carbocycles. The summed E-state index contributed by atoms with van der Waals surface area (Å²) in [6.45, 7) is 7.85. The monoisotopic (exact) mass is 221 g/mol. The summed E-state index contributed by atoms with van der Waals surface area (Å²) in [6.07, 6.45) is 3.25. The lowest BCUT2D eigenvalue weighted by Crippen LogP contribution is -2.34. The number of nitrogens with one attached hydrogen (secondary N) is 1. The third-order valence-corrected chi connectivity index (χ3v) is 2.55. The number of likely N-dealkylation sites (N-methyl/N-ethyl adjacent to an activating group) is 1. The first-order valence-corrected chi connectivity index (χ1v) is 5.68. The molecule has 1 heterocycles. The van der Waals surface area contributed by atoms with Crippen LogP contribution in [0.1, 0.15) is 24.2 Å². The molecule has 0 bridgehead atoms. The van der Waals surface area contributed by atoms with Crippen LogP contribution in [-0.4, -0.2) is 42.0 Å². The second kappa shape index (κ2) is 6.95. The molecule has 0 spiro atoms. The molecule has 88 valence electrons. The summed E-state index contributed by atoms with van der Waals surface area (Å²) >= 11 is 0. The molecule has 0 fully saturated rings. The maximum Gasteiger partial charge on any atom is 0.251 e. The van der Waals surface area contributed by atoms with Gasteiger partial charge in [0.2, 0.25) is 0 Å². The average molecular weight is 221 g/mol. The Hall–Kier alpha value is -1.42. The largest absolute Gasteiger partial charge is 0.351 e. The minimum absolute atomic E-state index is 0.0328. The number of nitrogens with zero attached hydrogens (tertiary/aromatic N) is 2. The molecule has 1 aromatic heterocycles. The van der Waals surface area contributed by atoms with Crippen LogP contribution in [0.3, 0.4) is 0 Å². The van der Waals surface area contributed by atoms with Crippen LogP contribution in [0.4, 0.5) is 0 Å². The number of pyridine rings is 1. The summed E-state index contributed by atoms with van der Waals surface area (Å²) in [4.78, 5) is 17.8. The molecule has 0 saturated carbocycles. The molecular weight excluding hydrogens is 202 g/mol. The molecule has 0 radical (unpaired) electrons. The fourth-order valence-corrected chi connectivity index (χ4v) is 1.47. The summed E-state index contributed by atoms with van der Waals surface area (Å²) in [5, 5.41) is 2.89. The number of aromatic nitrogens is 1. The van der Waals surface area contributed by atoms with Crippen molar-refractivity contribution in [3.63, 3.8) is 0 Å². The molecule has 1 rings (SSSR count). The lowest BCUT2D eigenvalue weighted by molar-refractivity contribution is 0.0949. The number of hydrogen-bond acceptors (Lipinski definition) is 3. The Morgan fingerprint density at radius 1 is 1.31 bits per heavy atom. The zero-order valence-electron chi connectivity index (χ0n) is 9.94. The maximum absolute atomic E-state index is 11.6. The van der Waals surface area contributed by atoms with Gasteiger partial charge < -0.3 is 10.2 Å². The number of rotatable bonds is 6. The molecule has 0 aliphatic heterocycles. The molecule has 1 amide bonds. The second-order valence-electron chi connectivity index (χ2n) is 3.52. The van der Waals surface area contributed by atoms with Gasteiger partial charge in [0.05, 0.1) is 0 Å². The minimum Gasteiger partial charge on any atom is -0.351 e. The Bertz CT molecular complexity index is 309. The van der Waals surface area contributed by atoms with Crippen molar-refractivity contribution in [2.75, 3.05) is 26.2 Å². The summed E-state index contributed by atoms with van der Waals surface area (Å²) < 4.78 is 0. The van der Waals surface area contributed by atoms with Crippen LogP contribution in [0.5, 0.6) is 0 Å². The van der Waals surface area contributed by atoms with Crippen LogP contribution in [0.25, 0.3) is 0 Å². The maximum atomic E-state index is 11.6. The van der Waals surface area contributed by atoms with Gasteiger partial charge in [-0.15, -0.1) is 0 Å². The fourth-order valence-electron chi connectivity index (χ4n) is 1.47. The van der Waals surface area contributed by atoms with Gasteiger partial charge in [-0.25, -0.2) is 0 Å². The highest BCUT2D eigenvalue weighted by Crippen LogP contribution is 1.95. The second-order valence-corrected chi connectivity index (χ2v) is 3.52. The van der Waals surface area contributed by atoms with Gasteiger partial charge in [-0.1, -0.05) is 13.8 Å². The highest BCUT2D eigenvalue weighted by Gasteiger charge is 2.04. The highest BCUT2D eigenvalue weighted by molar-refractivity contribution is 5.93. The Balaban J connectivity index is 2.31. The van der Waals surface area contributed by atoms with E-state index in [1.165, 1.54) is 0 Å². The van der Waals surface area contributed by atoms with Crippen LogP contribution in [0.15, 0.2) is 24.5 Å². The van der Waals surface area contributed by atoms with Crippen LogP contribution in [-0.2, 0) is 0 Å². The summed E-state index contributed by atoms with van der Waals surface area (Å²) in [5.41, 5.74) is 0.662. The van der Waals surface area contributed by atoms with Crippen molar-refractivity contribution in [1.82, 2.24) is 15.2 Å². The molecule has 0 atom stereocenters. The zero-order chi connectivity index (χ0) is 11.8. The minimum atomic E-state index is -0.0328. The van der Waals surface area contributed by atoms with Gasteiger partial charge in [0.1, 0.15) is 0 Å². The summed E-state index contributed by atoms with van der Waals surface area (Å²) in [6, 6.07) is 3.43. The predicted molar refractivity (Wildman–Crippen MR) is 64.4 cm³/mol. The van der Waals surface area contributed by atoms with E-state index in [0.717, 1.165) is 19.6 Å². The molecule has 16 heavy (non-hydrogen) atoms. The lowest BCUT2D eigenvalue weighted by atomic mass is 10.2. The van der Waals surface area contributed by atoms with Crippen molar-refractivity contribution in [2.45, 2.75) is 13.8 Å². The van der Waals surface area contributed by atoms with E-state index in [2.05, 4.69) is 29.0 Å². The van der Waals surface area contributed by atoms with E-state index in [9.17, 15) is 4.79 Å². The summed E-state index contributed by atoms with van der Waals surface area (Å²) in [5.74, 6) is -0.0328. The van der Waals surface area contributed by atoms with Gasteiger partial charge in [-0.05, 0) is 25.2 Å². The summed E-state index contributed by atoms with van der Waals surface area (Å²) in [7, 11) is 0. The number of carbonyl (C=O) groups is 1. The first-order valence-electron chi connectivity index (χ1n) is 5.68. The fraction of sp³-hybridized carbons (Fsp3) is 0.500. The van der Waals surface area contributed by atoms with Crippen molar-refractivity contribution in [3.05, 3.63) is 30.1 Å². The molecule has 4 nitrogen and oxygen atoms in total. The number of amides is 1. The van der Waals surface area contributed by atoms with E-state index in [-0.39, 0.29) is 5.91 Å². The molecule has 1 aromatic rings. The van der Waals surface area contributed by atoms with Crippen LogP contribution >= 0.6 is 0 Å². The van der Waals surface area contributed by atoms with E-state index in [4.69, 9.17) is 0 Å². The highest BCUT2D eigenvalue weighted by atomic mass is 16.1. The van der Waals surface area contributed by atoms with Crippen LogP contribution in [0, 0.1) is 0 Å². The first kappa shape index (κ1) is 12.6. The Kier molecular flexibility index (Phi) is 5.50. The van der Waals surface area contributed by atoms with E-state index >= 15 is 0 Å². The topological polar surface area (TPSA) is 45.2 Å². The van der Waals surface area contributed by atoms with Gasteiger partial charge in [-0.3, -0.25) is 9.78 Å². The smallest absolute Gasteiger partial charge is 0.251 e. The molecule has 0 unspecified atom stereocenters. The molecule has 0 aliphatic rings. The normalized spacial score (nSPS) is 10.4. The van der Waals surface area contributed by atoms with Crippen LogP contribution in [0.2, 0.25) is 0 Å². The first-order chi connectivity index (χ1) is 7.77. The van der Waals surface area contributed by atoms with Gasteiger partial charge in [0, 0.05) is 31.0 Å². The van der Waals surface area contributed by atoms with Crippen molar-refractivity contribution >= 4 is 5.91 Å². The Labute approximate surface area is 96.7 Å². The van der Waals surface area contributed by atoms with E-state index in [1.807, 2.05) is 0 Å². The lowest BCUT2D eigenvalue weighted by Gasteiger charge is -2.17. The molecule has 4 heteroatoms. The molecule has 1 N–H and O–H groups in total. The average Bonchev–Trinajstić information content (AvgIpc) is 2.35.